The maximum atomic E-state index is 11.5. The normalized spacial score (nSPS) is 20.8. The average molecular weight is 324 g/mol. The lowest BCUT2D eigenvalue weighted by Gasteiger charge is -2.23. The lowest BCUT2D eigenvalue weighted by molar-refractivity contribution is 0.0733. The van der Waals surface area contributed by atoms with Gasteiger partial charge in [-0.3, -0.25) is 0 Å². The molecule has 1 heteroatoms. The molecule has 25 heavy (non-hydrogen) atoms. The highest BCUT2D eigenvalue weighted by Crippen LogP contribution is 2.56. The third kappa shape index (κ3) is 3.22. The summed E-state index contributed by atoms with van der Waals surface area (Å²) in [6.45, 7) is 0. The molecule has 4 rings (SSSR count). The van der Waals surface area contributed by atoms with Gasteiger partial charge < -0.3 is 5.11 Å². The molecule has 1 nitrogen and oxygen atoms in total. The summed E-state index contributed by atoms with van der Waals surface area (Å²) < 4.78 is 0. The van der Waals surface area contributed by atoms with E-state index in [1.807, 2.05) is 66.7 Å². The Labute approximate surface area is 149 Å². The van der Waals surface area contributed by atoms with Gasteiger partial charge in [-0.2, -0.15) is 0 Å². The van der Waals surface area contributed by atoms with Gasteiger partial charge in [0, 0.05) is 11.5 Å². The molecule has 1 fully saturated rings. The van der Waals surface area contributed by atoms with Crippen LogP contribution in [-0.4, -0.2) is 5.11 Å². The second-order valence-corrected chi connectivity index (χ2v) is 6.61. The van der Waals surface area contributed by atoms with Crippen molar-refractivity contribution in [3.8, 4) is 11.8 Å². The zero-order valence-electron chi connectivity index (χ0n) is 14.0. The molecule has 0 radical (unpaired) electrons. The van der Waals surface area contributed by atoms with Crippen LogP contribution >= 0.6 is 0 Å². The Balaban J connectivity index is 1.70. The number of aliphatic hydroxyl groups is 1. The second-order valence-electron chi connectivity index (χ2n) is 6.61. The van der Waals surface area contributed by atoms with E-state index in [1.165, 1.54) is 5.56 Å². The standard InChI is InChI=1S/C24H20O/c25-24(21-14-8-3-9-15-21,17-16-19-10-4-1-5-11-19)23-18-22(23)20-12-6-2-7-13-20/h1-15,22-23,25H,18H2. The molecule has 1 aliphatic rings. The Bertz CT molecular complexity index is 890. The Morgan fingerprint density at radius 3 is 1.96 bits per heavy atom. The fourth-order valence-electron chi connectivity index (χ4n) is 3.49. The Morgan fingerprint density at radius 1 is 0.760 bits per heavy atom. The van der Waals surface area contributed by atoms with Crippen molar-refractivity contribution in [1.29, 1.82) is 0 Å². The quantitative estimate of drug-likeness (QED) is 0.691. The molecular weight excluding hydrogens is 304 g/mol. The monoisotopic (exact) mass is 324 g/mol. The minimum Gasteiger partial charge on any atom is -0.373 e. The summed E-state index contributed by atoms with van der Waals surface area (Å²) >= 11 is 0. The predicted octanol–water partition coefficient (Wildman–Crippen LogP) is 4.73. The summed E-state index contributed by atoms with van der Waals surface area (Å²) in [6, 6.07) is 30.1. The highest BCUT2D eigenvalue weighted by molar-refractivity contribution is 5.43. The molecule has 3 aromatic carbocycles. The van der Waals surface area contributed by atoms with E-state index in [4.69, 9.17) is 0 Å². The van der Waals surface area contributed by atoms with Crippen LogP contribution in [0.5, 0.6) is 0 Å². The third-order valence-corrected chi connectivity index (χ3v) is 4.94. The van der Waals surface area contributed by atoms with E-state index in [0.29, 0.717) is 5.92 Å². The van der Waals surface area contributed by atoms with Crippen LogP contribution in [-0.2, 0) is 5.60 Å². The second kappa shape index (κ2) is 6.59. The molecule has 1 saturated carbocycles. The van der Waals surface area contributed by atoms with E-state index < -0.39 is 5.60 Å². The zero-order valence-corrected chi connectivity index (χ0v) is 14.0. The highest BCUT2D eigenvalue weighted by atomic mass is 16.3. The highest BCUT2D eigenvalue weighted by Gasteiger charge is 2.52. The van der Waals surface area contributed by atoms with Gasteiger partial charge in [0.1, 0.15) is 0 Å². The molecule has 122 valence electrons. The van der Waals surface area contributed by atoms with Crippen molar-refractivity contribution in [1.82, 2.24) is 0 Å². The molecule has 0 aromatic heterocycles. The van der Waals surface area contributed by atoms with Crippen molar-refractivity contribution < 1.29 is 5.11 Å². The molecule has 3 unspecified atom stereocenters. The molecular formula is C24H20O. The minimum absolute atomic E-state index is 0.119. The summed E-state index contributed by atoms with van der Waals surface area (Å²) in [5.74, 6) is 6.85. The molecule has 3 atom stereocenters. The number of rotatable bonds is 3. The molecule has 0 heterocycles. The Morgan fingerprint density at radius 2 is 1.32 bits per heavy atom. The molecule has 0 amide bonds. The SMILES string of the molecule is OC(C#Cc1ccccc1)(c1ccccc1)C1CC1c1ccccc1. The predicted molar refractivity (Wildman–Crippen MR) is 101 cm³/mol. The first-order valence-corrected chi connectivity index (χ1v) is 8.68. The summed E-state index contributed by atoms with van der Waals surface area (Å²) in [5.41, 5.74) is 1.96. The van der Waals surface area contributed by atoms with Crippen molar-refractivity contribution in [2.45, 2.75) is 17.9 Å². The van der Waals surface area contributed by atoms with Gasteiger partial charge >= 0.3 is 0 Å². The smallest absolute Gasteiger partial charge is 0.154 e. The van der Waals surface area contributed by atoms with E-state index in [-0.39, 0.29) is 5.92 Å². The summed E-state index contributed by atoms with van der Waals surface area (Å²) in [7, 11) is 0. The van der Waals surface area contributed by atoms with Crippen molar-refractivity contribution in [2.75, 3.05) is 0 Å². The maximum Gasteiger partial charge on any atom is 0.154 e. The molecule has 0 bridgehead atoms. The third-order valence-electron chi connectivity index (χ3n) is 4.94. The molecule has 0 spiro atoms. The van der Waals surface area contributed by atoms with E-state index in [1.54, 1.807) is 0 Å². The van der Waals surface area contributed by atoms with Crippen LogP contribution < -0.4 is 0 Å². The molecule has 1 N–H and O–H groups in total. The van der Waals surface area contributed by atoms with Crippen molar-refractivity contribution in [3.05, 3.63) is 108 Å². The summed E-state index contributed by atoms with van der Waals surface area (Å²) in [5, 5.41) is 11.5. The molecule has 3 aromatic rings. The van der Waals surface area contributed by atoms with Crippen molar-refractivity contribution in [2.24, 2.45) is 5.92 Å². The first-order valence-electron chi connectivity index (χ1n) is 8.68. The number of hydrogen-bond donors (Lipinski definition) is 1. The fraction of sp³-hybridized carbons (Fsp3) is 0.167. The van der Waals surface area contributed by atoms with E-state index in [2.05, 4.69) is 36.1 Å². The molecule has 0 saturated heterocycles. The molecule has 0 aliphatic heterocycles. The van der Waals surface area contributed by atoms with Crippen LogP contribution in [0.4, 0.5) is 0 Å². The van der Waals surface area contributed by atoms with E-state index in [9.17, 15) is 5.11 Å². The van der Waals surface area contributed by atoms with Crippen LogP contribution in [0.15, 0.2) is 91.0 Å². The Kier molecular flexibility index (Phi) is 4.14. The van der Waals surface area contributed by atoms with Gasteiger partial charge in [0.05, 0.1) is 0 Å². The van der Waals surface area contributed by atoms with Crippen LogP contribution in [0.3, 0.4) is 0 Å². The summed E-state index contributed by atoms with van der Waals surface area (Å²) in [6.07, 6.45) is 0.957. The lowest BCUT2D eigenvalue weighted by atomic mass is 9.87. The Hall–Kier alpha value is -2.82. The largest absolute Gasteiger partial charge is 0.373 e. The van der Waals surface area contributed by atoms with Crippen molar-refractivity contribution in [3.63, 3.8) is 0 Å². The fourth-order valence-corrected chi connectivity index (χ4v) is 3.49. The lowest BCUT2D eigenvalue weighted by Crippen LogP contribution is -2.27. The van der Waals surface area contributed by atoms with Gasteiger partial charge in [-0.25, -0.2) is 0 Å². The van der Waals surface area contributed by atoms with Gasteiger partial charge in [0.15, 0.2) is 5.60 Å². The van der Waals surface area contributed by atoms with E-state index in [0.717, 1.165) is 17.5 Å². The van der Waals surface area contributed by atoms with Crippen LogP contribution in [0.25, 0.3) is 0 Å². The maximum absolute atomic E-state index is 11.5. The molecule has 1 aliphatic carbocycles. The van der Waals surface area contributed by atoms with Crippen LogP contribution in [0.1, 0.15) is 29.0 Å². The van der Waals surface area contributed by atoms with Crippen LogP contribution in [0, 0.1) is 17.8 Å². The first-order chi connectivity index (χ1) is 12.3. The minimum atomic E-state index is -1.13. The van der Waals surface area contributed by atoms with E-state index >= 15 is 0 Å². The number of benzene rings is 3. The summed E-state index contributed by atoms with van der Waals surface area (Å²) in [4.78, 5) is 0. The first kappa shape index (κ1) is 15.7. The van der Waals surface area contributed by atoms with Gasteiger partial charge in [0.25, 0.3) is 0 Å². The van der Waals surface area contributed by atoms with Gasteiger partial charge in [-0.05, 0) is 35.6 Å². The van der Waals surface area contributed by atoms with Gasteiger partial charge in [-0.1, -0.05) is 90.7 Å². The van der Waals surface area contributed by atoms with Crippen LogP contribution in [0.2, 0.25) is 0 Å². The zero-order chi connectivity index (χ0) is 17.1. The van der Waals surface area contributed by atoms with Gasteiger partial charge in [-0.15, -0.1) is 0 Å². The number of hydrogen-bond acceptors (Lipinski definition) is 1. The van der Waals surface area contributed by atoms with Crippen molar-refractivity contribution >= 4 is 0 Å². The average Bonchev–Trinajstić information content (AvgIpc) is 3.50. The van der Waals surface area contributed by atoms with Gasteiger partial charge in [0.2, 0.25) is 0 Å². The topological polar surface area (TPSA) is 20.2 Å².